The van der Waals surface area contributed by atoms with Gasteiger partial charge in [0.05, 0.1) is 16.9 Å². The molecule has 0 aliphatic carbocycles. The Labute approximate surface area is 96.8 Å². The first kappa shape index (κ1) is 12.5. The van der Waals surface area contributed by atoms with Gasteiger partial charge in [0.25, 0.3) is 0 Å². The van der Waals surface area contributed by atoms with Gasteiger partial charge in [-0.15, -0.1) is 0 Å². The Hall–Kier alpha value is -2.53. The van der Waals surface area contributed by atoms with Gasteiger partial charge in [-0.25, -0.2) is 4.79 Å². The van der Waals surface area contributed by atoms with Gasteiger partial charge in [0, 0.05) is 11.3 Å². The van der Waals surface area contributed by atoms with Gasteiger partial charge in [-0.2, -0.15) is 0 Å². The molecule has 1 aromatic rings. The molecule has 0 spiro atoms. The van der Waals surface area contributed by atoms with E-state index in [4.69, 9.17) is 11.3 Å². The van der Waals surface area contributed by atoms with Crippen molar-refractivity contribution >= 4 is 23.3 Å². The number of nitrogen functional groups attached to an aromatic ring is 1. The predicted molar refractivity (Wildman–Crippen MR) is 60.4 cm³/mol. The molecule has 0 aliphatic rings. The van der Waals surface area contributed by atoms with E-state index in [-0.39, 0.29) is 23.4 Å². The highest BCUT2D eigenvalue weighted by molar-refractivity contribution is 6.02. The molecular weight excluding hydrogens is 224 g/mol. The van der Waals surface area contributed by atoms with E-state index in [1.165, 1.54) is 18.2 Å². The Kier molecular flexibility index (Phi) is 4.08. The van der Waals surface area contributed by atoms with Crippen molar-refractivity contribution in [3.63, 3.8) is 0 Å². The number of carbonyl (C=O) groups excluding carboxylic acids is 2. The van der Waals surface area contributed by atoms with Crippen LogP contribution in [-0.4, -0.2) is 11.9 Å². The molecule has 0 aromatic heterocycles. The summed E-state index contributed by atoms with van der Waals surface area (Å²) in [5, 5.41) is 3.31. The van der Waals surface area contributed by atoms with Crippen molar-refractivity contribution in [1.29, 1.82) is 0 Å². The summed E-state index contributed by atoms with van der Waals surface area (Å²) in [6.07, 6.45) is 0.0850. The molecule has 88 valence electrons. The first-order valence-corrected chi connectivity index (χ1v) is 4.78. The lowest BCUT2D eigenvalue weighted by atomic mass is 10.1. The molecule has 0 aliphatic heterocycles. The third-order valence-corrected chi connectivity index (χ3v) is 1.95. The van der Waals surface area contributed by atoms with Crippen molar-refractivity contribution in [2.45, 2.75) is 13.3 Å². The van der Waals surface area contributed by atoms with Crippen LogP contribution in [0.3, 0.4) is 0 Å². The normalized spacial score (nSPS) is 9.24. The van der Waals surface area contributed by atoms with Gasteiger partial charge in [-0.3, -0.25) is 4.79 Å². The zero-order chi connectivity index (χ0) is 12.8. The van der Waals surface area contributed by atoms with Crippen molar-refractivity contribution in [2.24, 2.45) is 5.11 Å². The number of esters is 2. The number of rotatable bonds is 3. The highest BCUT2D eigenvalue weighted by Crippen LogP contribution is 2.26. The first-order chi connectivity index (χ1) is 8.10. The summed E-state index contributed by atoms with van der Waals surface area (Å²) in [5.74, 6) is -1.51. The topological polar surface area (TPSA) is 118 Å². The molecule has 0 heterocycles. The summed E-state index contributed by atoms with van der Waals surface area (Å²) in [7, 11) is 0. The van der Waals surface area contributed by atoms with E-state index >= 15 is 0 Å². The van der Waals surface area contributed by atoms with Crippen LogP contribution in [0.15, 0.2) is 23.3 Å². The smallest absolute Gasteiger partial charge is 0.347 e. The molecular formula is C10H10N4O3. The number of anilines is 1. The van der Waals surface area contributed by atoms with Crippen LogP contribution in [-0.2, 0) is 9.53 Å². The second kappa shape index (κ2) is 5.53. The number of azide groups is 1. The van der Waals surface area contributed by atoms with Gasteiger partial charge in [-0.1, -0.05) is 24.2 Å². The maximum absolute atomic E-state index is 11.5. The third kappa shape index (κ3) is 2.96. The highest BCUT2D eigenvalue weighted by atomic mass is 16.6. The van der Waals surface area contributed by atoms with Crippen molar-refractivity contribution in [2.75, 3.05) is 5.73 Å². The molecule has 0 atom stereocenters. The number of hydrogen-bond acceptors (Lipinski definition) is 5. The molecule has 0 fully saturated rings. The molecule has 0 saturated heterocycles. The van der Waals surface area contributed by atoms with E-state index in [1.807, 2.05) is 0 Å². The molecule has 1 rings (SSSR count). The minimum Gasteiger partial charge on any atom is -0.398 e. The van der Waals surface area contributed by atoms with Gasteiger partial charge < -0.3 is 10.5 Å². The number of nitrogens with zero attached hydrogens (tertiary/aromatic N) is 3. The Bertz CT molecular complexity index is 506. The first-order valence-electron chi connectivity index (χ1n) is 4.78. The van der Waals surface area contributed by atoms with Crippen LogP contribution < -0.4 is 5.73 Å². The SMILES string of the molecule is CCC(=O)OC(=O)c1cccc(N=[N+]=[N-])c1N. The van der Waals surface area contributed by atoms with E-state index in [9.17, 15) is 9.59 Å². The summed E-state index contributed by atoms with van der Waals surface area (Å²) >= 11 is 0. The van der Waals surface area contributed by atoms with Crippen LogP contribution in [0.2, 0.25) is 0 Å². The molecule has 0 amide bonds. The van der Waals surface area contributed by atoms with Crippen LogP contribution in [0.1, 0.15) is 23.7 Å². The molecule has 0 bridgehead atoms. The molecule has 1 aromatic carbocycles. The Morgan fingerprint density at radius 2 is 2.24 bits per heavy atom. The quantitative estimate of drug-likeness (QED) is 0.215. The van der Waals surface area contributed by atoms with Gasteiger partial charge >= 0.3 is 11.9 Å². The summed E-state index contributed by atoms with van der Waals surface area (Å²) < 4.78 is 4.51. The molecule has 0 saturated carbocycles. The minimum atomic E-state index is -0.857. The minimum absolute atomic E-state index is 0.00306. The van der Waals surface area contributed by atoms with Crippen LogP contribution in [0, 0.1) is 0 Å². The average Bonchev–Trinajstić information content (AvgIpc) is 2.31. The monoisotopic (exact) mass is 234 g/mol. The van der Waals surface area contributed by atoms with E-state index in [2.05, 4.69) is 14.8 Å². The second-order valence-electron chi connectivity index (χ2n) is 3.04. The van der Waals surface area contributed by atoms with Gasteiger partial charge in [0.1, 0.15) is 0 Å². The van der Waals surface area contributed by atoms with E-state index in [1.54, 1.807) is 6.92 Å². The lowest BCUT2D eigenvalue weighted by Gasteiger charge is -2.06. The Morgan fingerprint density at radius 1 is 1.53 bits per heavy atom. The molecule has 7 nitrogen and oxygen atoms in total. The maximum atomic E-state index is 11.5. The highest BCUT2D eigenvalue weighted by Gasteiger charge is 2.15. The standard InChI is InChI=1S/C10H10N4O3/c1-2-8(15)17-10(16)6-4-3-5-7(9(6)11)13-14-12/h3-5H,2,11H2,1H3. The number of carbonyl (C=O) groups is 2. The number of nitrogens with two attached hydrogens (primary N) is 1. The zero-order valence-corrected chi connectivity index (χ0v) is 9.08. The molecule has 0 unspecified atom stereocenters. The predicted octanol–water partition coefficient (Wildman–Crippen LogP) is 2.30. The zero-order valence-electron chi connectivity index (χ0n) is 9.08. The summed E-state index contributed by atoms with van der Waals surface area (Å²) in [6, 6.07) is 4.32. The average molecular weight is 234 g/mol. The third-order valence-electron chi connectivity index (χ3n) is 1.95. The molecule has 2 N–H and O–H groups in total. The fraction of sp³-hybridized carbons (Fsp3) is 0.200. The van der Waals surface area contributed by atoms with Crippen molar-refractivity contribution in [1.82, 2.24) is 0 Å². The van der Waals surface area contributed by atoms with Crippen molar-refractivity contribution in [3.05, 3.63) is 34.2 Å². The number of ether oxygens (including phenoxy) is 1. The van der Waals surface area contributed by atoms with Crippen LogP contribution in [0.4, 0.5) is 11.4 Å². The lowest BCUT2D eigenvalue weighted by Crippen LogP contribution is -2.13. The fourth-order valence-electron chi connectivity index (χ4n) is 1.10. The Morgan fingerprint density at radius 3 is 2.82 bits per heavy atom. The van der Waals surface area contributed by atoms with Gasteiger partial charge in [0.2, 0.25) is 0 Å². The van der Waals surface area contributed by atoms with E-state index < -0.39 is 11.9 Å². The van der Waals surface area contributed by atoms with Crippen molar-refractivity contribution in [3.8, 4) is 0 Å². The van der Waals surface area contributed by atoms with E-state index in [0.29, 0.717) is 0 Å². The van der Waals surface area contributed by atoms with Crippen LogP contribution in [0.5, 0.6) is 0 Å². The summed E-state index contributed by atoms with van der Waals surface area (Å²) in [5.41, 5.74) is 14.0. The molecule has 17 heavy (non-hydrogen) atoms. The second-order valence-corrected chi connectivity index (χ2v) is 3.04. The van der Waals surface area contributed by atoms with E-state index in [0.717, 1.165) is 0 Å². The number of benzene rings is 1. The van der Waals surface area contributed by atoms with Crippen molar-refractivity contribution < 1.29 is 14.3 Å². The largest absolute Gasteiger partial charge is 0.398 e. The number of hydrogen-bond donors (Lipinski definition) is 1. The Balaban J connectivity index is 3.06. The summed E-state index contributed by atoms with van der Waals surface area (Å²) in [4.78, 5) is 25.1. The molecule has 7 heteroatoms. The van der Waals surface area contributed by atoms with Gasteiger partial charge in [-0.05, 0) is 11.6 Å². The summed E-state index contributed by atoms with van der Waals surface area (Å²) in [6.45, 7) is 1.56. The van der Waals surface area contributed by atoms with Crippen LogP contribution >= 0.6 is 0 Å². The van der Waals surface area contributed by atoms with Gasteiger partial charge in [0.15, 0.2) is 0 Å². The fourth-order valence-corrected chi connectivity index (χ4v) is 1.10. The lowest BCUT2D eigenvalue weighted by molar-refractivity contribution is -0.137. The molecule has 0 radical (unpaired) electrons. The van der Waals surface area contributed by atoms with Crippen LogP contribution in [0.25, 0.3) is 10.4 Å². The number of para-hydroxylation sites is 1. The maximum Gasteiger partial charge on any atom is 0.347 e.